The van der Waals surface area contributed by atoms with E-state index in [1.165, 1.54) is 44.5 Å². The molecule has 2 heterocycles. The second-order valence-corrected chi connectivity index (χ2v) is 18.8. The number of anilines is 4. The third-order valence-electron chi connectivity index (χ3n) is 13.6. The van der Waals surface area contributed by atoms with Crippen molar-refractivity contribution < 1.29 is 25.8 Å². The number of fused-ring (bicyclic) bond motifs is 4. The molecular formula is C65H48N3OPt-3. The number of aromatic nitrogens is 1. The summed E-state index contributed by atoms with van der Waals surface area (Å²) in [7, 11) is 0. The number of para-hydroxylation sites is 2. The van der Waals surface area contributed by atoms with Crippen LogP contribution in [-0.4, -0.2) is 4.98 Å². The van der Waals surface area contributed by atoms with Gasteiger partial charge in [-0.1, -0.05) is 185 Å². The third-order valence-corrected chi connectivity index (χ3v) is 13.6. The Balaban J connectivity index is 0.00000533. The maximum Gasteiger partial charge on any atom is 0.0707 e. The van der Waals surface area contributed by atoms with E-state index in [1.54, 1.807) is 0 Å². The molecule has 0 amide bonds. The van der Waals surface area contributed by atoms with Gasteiger partial charge in [-0.3, -0.25) is 0 Å². The quantitative estimate of drug-likeness (QED) is 0.135. The van der Waals surface area contributed by atoms with E-state index in [-0.39, 0.29) is 26.5 Å². The number of rotatable bonds is 9. The fourth-order valence-electron chi connectivity index (χ4n) is 10.4. The van der Waals surface area contributed by atoms with Crippen molar-refractivity contribution in [2.45, 2.75) is 31.6 Å². The van der Waals surface area contributed by atoms with Gasteiger partial charge < -0.3 is 19.5 Å². The van der Waals surface area contributed by atoms with Crippen molar-refractivity contribution >= 4 is 22.7 Å². The van der Waals surface area contributed by atoms with Gasteiger partial charge in [-0.15, -0.1) is 54.3 Å². The number of pyridine rings is 1. The van der Waals surface area contributed by atoms with E-state index in [4.69, 9.17) is 9.72 Å². The summed E-state index contributed by atoms with van der Waals surface area (Å²) in [5.74, 6) is 1.16. The van der Waals surface area contributed by atoms with Crippen LogP contribution in [0.15, 0.2) is 231 Å². The predicted octanol–water partition coefficient (Wildman–Crippen LogP) is 16.5. The van der Waals surface area contributed by atoms with Crippen LogP contribution >= 0.6 is 0 Å². The zero-order valence-electron chi connectivity index (χ0n) is 39.1. The summed E-state index contributed by atoms with van der Waals surface area (Å²) in [5, 5.41) is 0. The third kappa shape index (κ3) is 7.74. The molecule has 1 aliphatic heterocycles. The number of benzene rings is 9. The van der Waals surface area contributed by atoms with Crippen LogP contribution in [0.5, 0.6) is 11.5 Å². The molecule has 342 valence electrons. The Kier molecular flexibility index (Phi) is 11.7. The molecule has 9 aromatic carbocycles. The monoisotopic (exact) mass is 1080 g/mol. The molecule has 0 fully saturated rings. The molecule has 0 saturated heterocycles. The van der Waals surface area contributed by atoms with Gasteiger partial charge in [0.15, 0.2) is 0 Å². The Morgan fingerprint density at radius 3 is 1.63 bits per heavy atom. The molecule has 0 radical (unpaired) electrons. The molecule has 70 heavy (non-hydrogen) atoms. The van der Waals surface area contributed by atoms with E-state index in [1.807, 2.05) is 30.5 Å². The van der Waals surface area contributed by atoms with E-state index >= 15 is 0 Å². The summed E-state index contributed by atoms with van der Waals surface area (Å²) in [6.45, 7) is 9.05. The van der Waals surface area contributed by atoms with Crippen molar-refractivity contribution in [3.63, 3.8) is 0 Å². The Bertz CT molecular complexity index is 3410. The molecule has 12 rings (SSSR count). The Morgan fingerprint density at radius 2 is 1.01 bits per heavy atom. The van der Waals surface area contributed by atoms with Crippen LogP contribution in [-0.2, 0) is 31.9 Å². The second-order valence-electron chi connectivity index (χ2n) is 18.8. The maximum atomic E-state index is 6.66. The van der Waals surface area contributed by atoms with E-state index in [9.17, 15) is 0 Å². The molecule has 1 aromatic heterocycles. The number of hydrogen-bond acceptors (Lipinski definition) is 4. The number of ether oxygens (including phenoxy) is 1. The normalized spacial score (nSPS) is 13.2. The van der Waals surface area contributed by atoms with Crippen LogP contribution in [0.4, 0.5) is 22.7 Å². The topological polar surface area (TPSA) is 28.6 Å². The van der Waals surface area contributed by atoms with Crippen molar-refractivity contribution in [1.29, 1.82) is 0 Å². The smallest absolute Gasteiger partial charge is 0.0707 e. The average molecular weight is 1080 g/mol. The van der Waals surface area contributed by atoms with Crippen LogP contribution in [0.3, 0.4) is 0 Å². The van der Waals surface area contributed by atoms with Gasteiger partial charge in [-0.05, 0) is 91.5 Å². The second kappa shape index (κ2) is 18.3. The van der Waals surface area contributed by atoms with Gasteiger partial charge in [-0.2, -0.15) is 6.07 Å². The average Bonchev–Trinajstić information content (AvgIpc) is 3.94. The SMILES string of the molecule is CC(C)(C)c1cc(-c2ccccc2)c(N2[CH-]N(c3[c-]c(Oc4[c-]c(-c5cc(C6(c7ccccc7)c7ccccc7-c7ccccc76)ccn5)ccc4)ccc3)c3ccccc32)c(-c2ccccc2)c1.[Pt]. The fourth-order valence-corrected chi connectivity index (χ4v) is 10.4. The molecule has 0 saturated carbocycles. The van der Waals surface area contributed by atoms with E-state index < -0.39 is 5.41 Å². The number of nitrogens with zero attached hydrogens (tertiary/aromatic N) is 3. The van der Waals surface area contributed by atoms with Gasteiger partial charge in [0.1, 0.15) is 0 Å². The first kappa shape index (κ1) is 44.7. The van der Waals surface area contributed by atoms with E-state index in [2.05, 4.69) is 250 Å². The summed E-state index contributed by atoms with van der Waals surface area (Å²) < 4.78 is 6.66. The standard InChI is InChI=1S/C65H48N3O.Pt/c1-64(2,3)50-40-56(45-21-7-4-8-22-45)63(57(41-50)46-23-9-5-10-24-46)68-44-67(61-35-17-18-36-62(61)68)51-28-20-30-53(43-51)69-52-29-19-25-47(39-52)60-42-49(37-38-66-60)65(48-26-11-6-12-27-48)58-33-15-13-31-54(58)55-32-14-16-34-59(55)65;/h4-38,40-42,44H,1-3H3;/q-3;. The minimum absolute atomic E-state index is 0. The van der Waals surface area contributed by atoms with Gasteiger partial charge in [-0.25, -0.2) is 0 Å². The van der Waals surface area contributed by atoms with Gasteiger partial charge in [0, 0.05) is 67.0 Å². The molecule has 4 nitrogen and oxygen atoms in total. The summed E-state index contributed by atoms with van der Waals surface area (Å²) in [4.78, 5) is 9.50. The summed E-state index contributed by atoms with van der Waals surface area (Å²) in [5.41, 5.74) is 18.5. The van der Waals surface area contributed by atoms with Crippen LogP contribution in [0.2, 0.25) is 0 Å². The van der Waals surface area contributed by atoms with Gasteiger partial charge >= 0.3 is 0 Å². The first-order chi connectivity index (χ1) is 33.8. The molecule has 0 atom stereocenters. The zero-order chi connectivity index (χ0) is 46.5. The molecule has 10 aromatic rings. The van der Waals surface area contributed by atoms with Gasteiger partial charge in [0.25, 0.3) is 0 Å². The molecular weight excluding hydrogens is 1030 g/mol. The molecule has 0 spiro atoms. The Hall–Kier alpha value is -7.78. The molecule has 0 N–H and O–H groups in total. The van der Waals surface area contributed by atoms with Crippen molar-refractivity contribution in [3.8, 4) is 56.1 Å². The first-order valence-electron chi connectivity index (χ1n) is 23.6. The largest absolute Gasteiger partial charge is 0.503 e. The van der Waals surface area contributed by atoms with Crippen molar-refractivity contribution in [3.05, 3.63) is 277 Å². The molecule has 0 bridgehead atoms. The fraction of sp³-hybridized carbons (Fsp3) is 0.0769. The van der Waals surface area contributed by atoms with Crippen LogP contribution < -0.4 is 14.5 Å². The van der Waals surface area contributed by atoms with Crippen molar-refractivity contribution in [1.82, 2.24) is 4.98 Å². The van der Waals surface area contributed by atoms with Crippen molar-refractivity contribution in [2.75, 3.05) is 9.80 Å². The molecule has 1 aliphatic carbocycles. The minimum Gasteiger partial charge on any atom is -0.503 e. The van der Waals surface area contributed by atoms with Crippen LogP contribution in [0.1, 0.15) is 48.6 Å². The maximum absolute atomic E-state index is 6.66. The van der Waals surface area contributed by atoms with Gasteiger partial charge in [0.2, 0.25) is 0 Å². The zero-order valence-corrected chi connectivity index (χ0v) is 41.4. The van der Waals surface area contributed by atoms with Crippen LogP contribution in [0, 0.1) is 18.8 Å². The predicted molar refractivity (Wildman–Crippen MR) is 282 cm³/mol. The van der Waals surface area contributed by atoms with Crippen LogP contribution in [0.25, 0.3) is 44.6 Å². The van der Waals surface area contributed by atoms with Crippen molar-refractivity contribution in [2.24, 2.45) is 0 Å². The molecule has 0 unspecified atom stereocenters. The van der Waals surface area contributed by atoms with E-state index in [0.717, 1.165) is 50.7 Å². The Morgan fingerprint density at radius 1 is 0.486 bits per heavy atom. The summed E-state index contributed by atoms with van der Waals surface area (Å²) in [6.07, 6.45) is 1.93. The molecule has 5 heteroatoms. The molecule has 2 aliphatic rings. The van der Waals surface area contributed by atoms with E-state index in [0.29, 0.717) is 11.5 Å². The van der Waals surface area contributed by atoms with Gasteiger partial charge in [0.05, 0.1) is 5.41 Å². The number of hydrogen-bond donors (Lipinski definition) is 0. The Labute approximate surface area is 425 Å². The first-order valence-corrected chi connectivity index (χ1v) is 23.6. The summed E-state index contributed by atoms with van der Waals surface area (Å²) in [6, 6.07) is 86.9. The minimum atomic E-state index is -0.529. The summed E-state index contributed by atoms with van der Waals surface area (Å²) >= 11 is 0.